The molecule has 1 saturated carbocycles. The Labute approximate surface area is 124 Å². The van der Waals surface area contributed by atoms with Gasteiger partial charge in [-0.05, 0) is 32.7 Å². The van der Waals surface area contributed by atoms with E-state index in [0.717, 1.165) is 12.8 Å². The summed E-state index contributed by atoms with van der Waals surface area (Å²) < 4.78 is 0. The van der Waals surface area contributed by atoms with Crippen LogP contribution in [0.25, 0.3) is 0 Å². The van der Waals surface area contributed by atoms with Crippen LogP contribution >= 0.6 is 0 Å². The lowest BCUT2D eigenvalue weighted by Crippen LogP contribution is -2.45. The van der Waals surface area contributed by atoms with Crippen LogP contribution < -0.4 is 5.32 Å². The molecule has 1 saturated heterocycles. The number of aliphatic carboxylic acids is 1. The minimum Gasteiger partial charge on any atom is -0.481 e. The summed E-state index contributed by atoms with van der Waals surface area (Å²) in [6.07, 6.45) is 2.60. The lowest BCUT2D eigenvalue weighted by Gasteiger charge is -2.25. The Morgan fingerprint density at radius 3 is 2.48 bits per heavy atom. The Kier molecular flexibility index (Phi) is 4.82. The van der Waals surface area contributed by atoms with Crippen molar-refractivity contribution in [3.63, 3.8) is 0 Å². The van der Waals surface area contributed by atoms with Gasteiger partial charge in [0.25, 0.3) is 0 Å². The first-order valence-corrected chi connectivity index (χ1v) is 7.38. The smallest absolute Gasteiger partial charge is 0.308 e. The summed E-state index contributed by atoms with van der Waals surface area (Å²) >= 11 is 0. The highest BCUT2D eigenvalue weighted by molar-refractivity contribution is 5.85. The van der Waals surface area contributed by atoms with Gasteiger partial charge in [-0.1, -0.05) is 0 Å². The summed E-state index contributed by atoms with van der Waals surface area (Å²) in [5, 5.41) is 11.9. The van der Waals surface area contributed by atoms with E-state index in [4.69, 9.17) is 5.11 Å². The largest absolute Gasteiger partial charge is 0.481 e. The number of nitrogens with one attached hydrogen (secondary N) is 1. The predicted octanol–water partition coefficient (Wildman–Crippen LogP) is -0.482. The molecule has 2 unspecified atom stereocenters. The molecule has 2 aliphatic rings. The molecule has 0 aromatic heterocycles. The van der Waals surface area contributed by atoms with E-state index in [-0.39, 0.29) is 37.0 Å². The van der Waals surface area contributed by atoms with Crippen molar-refractivity contribution in [3.8, 4) is 0 Å². The van der Waals surface area contributed by atoms with Gasteiger partial charge in [-0.2, -0.15) is 0 Å². The summed E-state index contributed by atoms with van der Waals surface area (Å²) in [7, 11) is 1.60. The van der Waals surface area contributed by atoms with Gasteiger partial charge in [0.2, 0.25) is 11.8 Å². The van der Waals surface area contributed by atoms with E-state index >= 15 is 0 Å². The molecule has 0 aromatic rings. The second kappa shape index (κ2) is 6.43. The maximum absolute atomic E-state index is 12.1. The molecule has 0 bridgehead atoms. The number of carboxylic acid groups (broad SMARTS) is 1. The van der Waals surface area contributed by atoms with Crippen molar-refractivity contribution in [2.24, 2.45) is 5.92 Å². The maximum atomic E-state index is 12.1. The third-order valence-corrected chi connectivity index (χ3v) is 4.29. The van der Waals surface area contributed by atoms with Gasteiger partial charge in [0.1, 0.15) is 0 Å². The monoisotopic (exact) mass is 297 g/mol. The number of rotatable bonds is 6. The molecule has 0 spiro atoms. The van der Waals surface area contributed by atoms with Gasteiger partial charge >= 0.3 is 5.97 Å². The second-order valence-corrected chi connectivity index (χ2v) is 6.04. The van der Waals surface area contributed by atoms with Crippen LogP contribution in [0.1, 0.15) is 26.2 Å². The molecule has 2 atom stereocenters. The maximum Gasteiger partial charge on any atom is 0.308 e. The molecule has 2 fully saturated rings. The van der Waals surface area contributed by atoms with Crippen LogP contribution in [0, 0.1) is 5.92 Å². The van der Waals surface area contributed by atoms with Crippen molar-refractivity contribution in [1.29, 1.82) is 0 Å². The third-order valence-electron chi connectivity index (χ3n) is 4.29. The topological polar surface area (TPSA) is 90.0 Å². The Bertz CT molecular complexity index is 436. The number of carbonyl (C=O) groups excluding carboxylic acids is 2. The zero-order valence-corrected chi connectivity index (χ0v) is 12.5. The predicted molar refractivity (Wildman–Crippen MR) is 75.6 cm³/mol. The van der Waals surface area contributed by atoms with Gasteiger partial charge in [0.15, 0.2) is 0 Å². The number of nitrogens with zero attached hydrogens (tertiary/aromatic N) is 2. The number of carboxylic acids is 1. The Balaban J connectivity index is 1.77. The second-order valence-electron chi connectivity index (χ2n) is 6.04. The molecule has 0 radical (unpaired) electrons. The van der Waals surface area contributed by atoms with Crippen LogP contribution in [0.4, 0.5) is 0 Å². The molecule has 2 rings (SSSR count). The van der Waals surface area contributed by atoms with Crippen LogP contribution in [-0.2, 0) is 14.4 Å². The zero-order chi connectivity index (χ0) is 15.6. The van der Waals surface area contributed by atoms with Crippen molar-refractivity contribution in [1.82, 2.24) is 15.1 Å². The van der Waals surface area contributed by atoms with E-state index in [2.05, 4.69) is 5.32 Å². The van der Waals surface area contributed by atoms with Gasteiger partial charge in [-0.25, -0.2) is 0 Å². The number of likely N-dealkylation sites (N-methyl/N-ethyl adjacent to an activating group) is 1. The molecule has 7 heteroatoms. The standard InChI is InChI=1S/C14H23N3O4/c1-9-11(14(20)21)5-6-17(9)8-13(19)16(2)7-12(18)15-10-3-4-10/h9-11H,3-8H2,1-2H3,(H,15,18)(H,20,21). The lowest BCUT2D eigenvalue weighted by atomic mass is 10.0. The molecule has 2 N–H and O–H groups in total. The normalized spacial score (nSPS) is 25.6. The first-order chi connectivity index (χ1) is 9.88. The fourth-order valence-corrected chi connectivity index (χ4v) is 2.66. The SMILES string of the molecule is CC1C(C(=O)O)CCN1CC(=O)N(C)CC(=O)NC1CC1. The van der Waals surface area contributed by atoms with E-state index in [0.29, 0.717) is 13.0 Å². The molecule has 21 heavy (non-hydrogen) atoms. The highest BCUT2D eigenvalue weighted by Crippen LogP contribution is 2.24. The molecular weight excluding hydrogens is 274 g/mol. The summed E-state index contributed by atoms with van der Waals surface area (Å²) in [5.74, 6) is -1.51. The molecule has 1 aliphatic heterocycles. The lowest BCUT2D eigenvalue weighted by molar-refractivity contribution is -0.143. The molecule has 2 amide bonds. The van der Waals surface area contributed by atoms with Crippen molar-refractivity contribution in [2.75, 3.05) is 26.7 Å². The van der Waals surface area contributed by atoms with E-state index in [9.17, 15) is 14.4 Å². The average molecular weight is 297 g/mol. The van der Waals surface area contributed by atoms with Gasteiger partial charge < -0.3 is 15.3 Å². The fraction of sp³-hybridized carbons (Fsp3) is 0.786. The molecule has 0 aromatic carbocycles. The van der Waals surface area contributed by atoms with Gasteiger partial charge in [-0.3, -0.25) is 19.3 Å². The molecular formula is C14H23N3O4. The number of carbonyl (C=O) groups is 3. The van der Waals surface area contributed by atoms with Crippen LogP contribution in [0.2, 0.25) is 0 Å². The van der Waals surface area contributed by atoms with Crippen molar-refractivity contribution in [2.45, 2.75) is 38.3 Å². The molecule has 118 valence electrons. The van der Waals surface area contributed by atoms with Crippen LogP contribution in [0.5, 0.6) is 0 Å². The molecule has 7 nitrogen and oxygen atoms in total. The van der Waals surface area contributed by atoms with Crippen molar-refractivity contribution in [3.05, 3.63) is 0 Å². The van der Waals surface area contributed by atoms with Crippen LogP contribution in [0.3, 0.4) is 0 Å². The van der Waals surface area contributed by atoms with Crippen LogP contribution in [-0.4, -0.2) is 71.5 Å². The zero-order valence-electron chi connectivity index (χ0n) is 12.5. The van der Waals surface area contributed by atoms with E-state index < -0.39 is 11.9 Å². The quantitative estimate of drug-likeness (QED) is 0.691. The average Bonchev–Trinajstić information content (AvgIpc) is 3.13. The number of amides is 2. The van der Waals surface area contributed by atoms with Gasteiger partial charge in [-0.15, -0.1) is 0 Å². The third kappa shape index (κ3) is 4.17. The minimum absolute atomic E-state index is 0.0555. The number of hydrogen-bond acceptors (Lipinski definition) is 4. The highest BCUT2D eigenvalue weighted by Gasteiger charge is 2.36. The Morgan fingerprint density at radius 2 is 1.95 bits per heavy atom. The fourth-order valence-electron chi connectivity index (χ4n) is 2.66. The Hall–Kier alpha value is -1.63. The molecule has 1 heterocycles. The van der Waals surface area contributed by atoms with E-state index in [1.165, 1.54) is 4.90 Å². The number of likely N-dealkylation sites (tertiary alicyclic amines) is 1. The van der Waals surface area contributed by atoms with Gasteiger partial charge in [0.05, 0.1) is 19.0 Å². The van der Waals surface area contributed by atoms with Crippen LogP contribution in [0.15, 0.2) is 0 Å². The number of hydrogen-bond donors (Lipinski definition) is 2. The van der Waals surface area contributed by atoms with Crippen molar-refractivity contribution >= 4 is 17.8 Å². The van der Waals surface area contributed by atoms with E-state index in [1.54, 1.807) is 7.05 Å². The van der Waals surface area contributed by atoms with E-state index in [1.807, 2.05) is 11.8 Å². The summed E-state index contributed by atoms with van der Waals surface area (Å²) in [5.41, 5.74) is 0. The highest BCUT2D eigenvalue weighted by atomic mass is 16.4. The minimum atomic E-state index is -0.811. The van der Waals surface area contributed by atoms with Gasteiger partial charge in [0, 0.05) is 19.1 Å². The first kappa shape index (κ1) is 15.8. The van der Waals surface area contributed by atoms with Crippen molar-refractivity contribution < 1.29 is 19.5 Å². The first-order valence-electron chi connectivity index (χ1n) is 7.38. The summed E-state index contributed by atoms with van der Waals surface area (Å²) in [4.78, 5) is 38.1. The molecule has 1 aliphatic carbocycles. The summed E-state index contributed by atoms with van der Waals surface area (Å²) in [6, 6.07) is 0.135. The Morgan fingerprint density at radius 1 is 1.29 bits per heavy atom. The summed E-state index contributed by atoms with van der Waals surface area (Å²) in [6.45, 7) is 2.66.